The lowest BCUT2D eigenvalue weighted by atomic mass is 10.2. The predicted octanol–water partition coefficient (Wildman–Crippen LogP) is 2.36. The van der Waals surface area contributed by atoms with Crippen LogP contribution in [0, 0.1) is 0 Å². The van der Waals surface area contributed by atoms with Crippen molar-refractivity contribution in [3.8, 4) is 0 Å². The van der Waals surface area contributed by atoms with Crippen LogP contribution in [0.2, 0.25) is 0 Å². The molecule has 17 heavy (non-hydrogen) atoms. The molecule has 6 heteroatoms. The Morgan fingerprint density at radius 3 is 2.53 bits per heavy atom. The van der Waals surface area contributed by atoms with E-state index in [1.54, 1.807) is 11.8 Å². The third-order valence-electron chi connectivity index (χ3n) is 1.62. The SMILES string of the molecule is CCSCS(=O)C[C@H](C)NC(=O)OC(C)(C)C. The summed E-state index contributed by atoms with van der Waals surface area (Å²) in [6.07, 6.45) is -0.454. The standard InChI is InChI=1S/C11H23NO3S2/c1-6-16-8-17(14)7-9(2)12-10(13)15-11(3,4)5/h9H,6-8H2,1-5H3,(H,12,13)/t9-,17?/m0/s1. The molecule has 0 rings (SSSR count). The van der Waals surface area contributed by atoms with Gasteiger partial charge in [-0.15, -0.1) is 11.8 Å². The van der Waals surface area contributed by atoms with Gasteiger partial charge in [-0.3, -0.25) is 4.21 Å². The highest BCUT2D eigenvalue weighted by molar-refractivity contribution is 8.10. The minimum Gasteiger partial charge on any atom is -0.444 e. The van der Waals surface area contributed by atoms with Gasteiger partial charge in [0.15, 0.2) is 0 Å². The van der Waals surface area contributed by atoms with Crippen molar-refractivity contribution in [2.24, 2.45) is 0 Å². The fraction of sp³-hybridized carbons (Fsp3) is 0.909. The predicted molar refractivity (Wildman–Crippen MR) is 74.8 cm³/mol. The van der Waals surface area contributed by atoms with Gasteiger partial charge in [-0.05, 0) is 33.4 Å². The summed E-state index contributed by atoms with van der Waals surface area (Å²) in [6.45, 7) is 9.30. The lowest BCUT2D eigenvalue weighted by Crippen LogP contribution is -2.40. The van der Waals surface area contributed by atoms with Gasteiger partial charge in [0.2, 0.25) is 0 Å². The monoisotopic (exact) mass is 281 g/mol. The summed E-state index contributed by atoms with van der Waals surface area (Å²) in [5.41, 5.74) is -0.499. The van der Waals surface area contributed by atoms with Crippen LogP contribution in [0.3, 0.4) is 0 Å². The van der Waals surface area contributed by atoms with Crippen molar-refractivity contribution in [3.63, 3.8) is 0 Å². The Bertz CT molecular complexity index is 264. The summed E-state index contributed by atoms with van der Waals surface area (Å²) >= 11 is 1.64. The zero-order valence-electron chi connectivity index (χ0n) is 11.2. The first-order valence-corrected chi connectivity index (χ1v) is 8.31. The molecule has 0 spiro atoms. The van der Waals surface area contributed by atoms with Crippen LogP contribution in [0.1, 0.15) is 34.6 Å². The molecule has 2 atom stereocenters. The summed E-state index contributed by atoms with van der Waals surface area (Å²) < 4.78 is 16.7. The van der Waals surface area contributed by atoms with Gasteiger partial charge in [-0.1, -0.05) is 6.92 Å². The van der Waals surface area contributed by atoms with Gasteiger partial charge in [-0.2, -0.15) is 0 Å². The molecular formula is C11H23NO3S2. The van der Waals surface area contributed by atoms with Crippen molar-refractivity contribution in [1.82, 2.24) is 5.32 Å². The molecule has 0 radical (unpaired) electrons. The van der Waals surface area contributed by atoms with Gasteiger partial charge < -0.3 is 10.1 Å². The van der Waals surface area contributed by atoms with Crippen LogP contribution >= 0.6 is 11.8 Å². The number of hydrogen-bond donors (Lipinski definition) is 1. The average molecular weight is 281 g/mol. The summed E-state index contributed by atoms with van der Waals surface area (Å²) in [4.78, 5) is 11.4. The fourth-order valence-corrected chi connectivity index (χ4v) is 3.49. The molecule has 0 aromatic rings. The number of carbonyl (C=O) groups is 1. The van der Waals surface area contributed by atoms with E-state index in [-0.39, 0.29) is 6.04 Å². The Kier molecular flexibility index (Phi) is 7.87. The third kappa shape index (κ3) is 10.6. The lowest BCUT2D eigenvalue weighted by molar-refractivity contribution is 0.0513. The smallest absolute Gasteiger partial charge is 0.407 e. The van der Waals surface area contributed by atoms with Crippen LogP contribution in [0.5, 0.6) is 0 Å². The second kappa shape index (κ2) is 7.97. The van der Waals surface area contributed by atoms with Crippen LogP contribution in [0.4, 0.5) is 4.79 Å². The number of carbonyl (C=O) groups excluding carboxylic acids is 1. The molecular weight excluding hydrogens is 258 g/mol. The minimum absolute atomic E-state index is 0.136. The number of amides is 1. The molecule has 0 aliphatic rings. The van der Waals surface area contributed by atoms with Gasteiger partial charge in [0.1, 0.15) is 5.60 Å². The van der Waals surface area contributed by atoms with Crippen molar-refractivity contribution < 1.29 is 13.7 Å². The topological polar surface area (TPSA) is 55.4 Å². The van der Waals surface area contributed by atoms with Crippen LogP contribution < -0.4 is 5.32 Å². The van der Waals surface area contributed by atoms with Gasteiger partial charge in [0.25, 0.3) is 0 Å². The Labute approximate surface area is 111 Å². The van der Waals surface area contributed by atoms with E-state index in [1.165, 1.54) is 0 Å². The van der Waals surface area contributed by atoms with Gasteiger partial charge >= 0.3 is 6.09 Å². The minimum atomic E-state index is -0.897. The molecule has 1 amide bonds. The van der Waals surface area contributed by atoms with Gasteiger partial charge in [-0.25, -0.2) is 4.79 Å². The van der Waals surface area contributed by atoms with E-state index < -0.39 is 22.5 Å². The number of rotatable bonds is 6. The summed E-state index contributed by atoms with van der Waals surface area (Å²) in [5.74, 6) is 1.42. The Balaban J connectivity index is 3.89. The van der Waals surface area contributed by atoms with Crippen molar-refractivity contribution in [1.29, 1.82) is 0 Å². The summed E-state index contributed by atoms with van der Waals surface area (Å²) in [6, 6.07) is -0.136. The normalized spacial score (nSPS) is 15.1. The number of thioether (sulfide) groups is 1. The maximum atomic E-state index is 11.6. The Morgan fingerprint density at radius 2 is 2.06 bits per heavy atom. The maximum Gasteiger partial charge on any atom is 0.407 e. The molecule has 102 valence electrons. The molecule has 0 aliphatic carbocycles. The highest BCUT2D eigenvalue weighted by atomic mass is 32.2. The van der Waals surface area contributed by atoms with Crippen LogP contribution in [-0.2, 0) is 15.5 Å². The van der Waals surface area contributed by atoms with E-state index in [0.717, 1.165) is 5.75 Å². The van der Waals surface area contributed by atoms with E-state index in [2.05, 4.69) is 5.32 Å². The molecule has 0 bridgehead atoms. The molecule has 4 nitrogen and oxygen atoms in total. The van der Waals surface area contributed by atoms with Crippen molar-refractivity contribution in [3.05, 3.63) is 0 Å². The second-order valence-corrected chi connectivity index (χ2v) is 7.91. The van der Waals surface area contributed by atoms with E-state index >= 15 is 0 Å². The second-order valence-electron chi connectivity index (χ2n) is 4.76. The summed E-state index contributed by atoms with van der Waals surface area (Å²) in [5, 5.41) is 3.30. The first-order valence-electron chi connectivity index (χ1n) is 5.67. The molecule has 0 aromatic heterocycles. The van der Waals surface area contributed by atoms with E-state index in [9.17, 15) is 9.00 Å². The van der Waals surface area contributed by atoms with E-state index in [1.807, 2.05) is 34.6 Å². The van der Waals surface area contributed by atoms with Crippen LogP contribution in [0.25, 0.3) is 0 Å². The molecule has 0 aliphatic heterocycles. The zero-order chi connectivity index (χ0) is 13.5. The number of ether oxygens (including phenoxy) is 1. The quantitative estimate of drug-likeness (QED) is 0.812. The number of alkyl carbamates (subject to hydrolysis) is 1. The Morgan fingerprint density at radius 1 is 1.47 bits per heavy atom. The average Bonchev–Trinajstić information content (AvgIpc) is 2.10. The molecule has 0 aromatic carbocycles. The number of hydrogen-bond acceptors (Lipinski definition) is 4. The highest BCUT2D eigenvalue weighted by Gasteiger charge is 2.18. The van der Waals surface area contributed by atoms with Crippen molar-refractivity contribution >= 4 is 28.7 Å². The molecule has 0 saturated heterocycles. The molecule has 0 fully saturated rings. The van der Waals surface area contributed by atoms with Crippen molar-refractivity contribution in [2.45, 2.75) is 46.3 Å². The first kappa shape index (κ1) is 16.8. The summed E-state index contributed by atoms with van der Waals surface area (Å²) in [7, 11) is -0.897. The van der Waals surface area contributed by atoms with E-state index in [0.29, 0.717) is 10.8 Å². The van der Waals surface area contributed by atoms with E-state index in [4.69, 9.17) is 4.74 Å². The maximum absolute atomic E-state index is 11.6. The first-order chi connectivity index (χ1) is 7.74. The fourth-order valence-electron chi connectivity index (χ4n) is 1.05. The largest absolute Gasteiger partial charge is 0.444 e. The molecule has 1 N–H and O–H groups in total. The highest BCUT2D eigenvalue weighted by Crippen LogP contribution is 2.07. The molecule has 1 unspecified atom stereocenters. The Hall–Kier alpha value is -0.230. The van der Waals surface area contributed by atoms with Crippen molar-refractivity contribution in [2.75, 3.05) is 16.6 Å². The number of nitrogens with one attached hydrogen (secondary N) is 1. The van der Waals surface area contributed by atoms with Crippen LogP contribution in [-0.4, -0.2) is 38.5 Å². The molecule has 0 heterocycles. The van der Waals surface area contributed by atoms with Gasteiger partial charge in [0.05, 0.1) is 5.08 Å². The zero-order valence-corrected chi connectivity index (χ0v) is 12.9. The van der Waals surface area contributed by atoms with Gasteiger partial charge in [0, 0.05) is 22.6 Å². The lowest BCUT2D eigenvalue weighted by Gasteiger charge is -2.21. The van der Waals surface area contributed by atoms with Crippen LogP contribution in [0.15, 0.2) is 0 Å². The third-order valence-corrected chi connectivity index (χ3v) is 4.62. The molecule has 0 saturated carbocycles.